The van der Waals surface area contributed by atoms with E-state index in [1.165, 1.54) is 38.7 Å². The lowest BCUT2D eigenvalue weighted by Crippen LogP contribution is -2.34. The summed E-state index contributed by atoms with van der Waals surface area (Å²) >= 11 is 0. The smallest absolute Gasteiger partial charge is 0.133 e. The normalized spacial score (nSPS) is 15.8. The number of pyridine rings is 1. The summed E-state index contributed by atoms with van der Waals surface area (Å²) < 4.78 is 0. The third-order valence-corrected chi connectivity index (χ3v) is 6.95. The summed E-state index contributed by atoms with van der Waals surface area (Å²) in [6.45, 7) is 9.20. The Morgan fingerprint density at radius 2 is 1.88 bits per heavy atom. The van der Waals surface area contributed by atoms with Crippen molar-refractivity contribution >= 4 is 28.1 Å². The Balaban J connectivity index is 1.61. The van der Waals surface area contributed by atoms with E-state index in [9.17, 15) is 4.79 Å². The Bertz CT molecular complexity index is 1280. The Morgan fingerprint density at radius 3 is 2.62 bits per heavy atom. The molecular formula is C28H31N3O. The van der Waals surface area contributed by atoms with Crippen molar-refractivity contribution in [1.82, 2.24) is 14.9 Å². The second-order valence-electron chi connectivity index (χ2n) is 9.44. The highest BCUT2D eigenvalue weighted by atomic mass is 16.1. The van der Waals surface area contributed by atoms with E-state index in [2.05, 4.69) is 79.2 Å². The standard InChI is InChI=1S/C28H31N3O/c1-18(2)27-24-17-21(20-10-12-31(13-11-20)14-15-32)8-9-26(24)30-28(27)23-16-19(3)29-25-7-5-4-6-22(23)25/h4-9,15-18,20,30H,10-14H2,1-3H3. The molecule has 0 spiro atoms. The molecule has 3 heterocycles. The second-order valence-corrected chi connectivity index (χ2v) is 9.44. The van der Waals surface area contributed by atoms with Crippen LogP contribution in [0.4, 0.5) is 0 Å². The number of aromatic amines is 1. The molecule has 2 aromatic carbocycles. The minimum atomic E-state index is 0.399. The summed E-state index contributed by atoms with van der Waals surface area (Å²) in [5.74, 6) is 0.959. The molecule has 4 heteroatoms. The van der Waals surface area contributed by atoms with Gasteiger partial charge in [-0.15, -0.1) is 0 Å². The topological polar surface area (TPSA) is 49.0 Å². The molecule has 1 aliphatic rings. The zero-order valence-electron chi connectivity index (χ0n) is 19.2. The summed E-state index contributed by atoms with van der Waals surface area (Å²) in [6, 6.07) is 17.6. The number of aryl methyl sites for hydroxylation is 1. The van der Waals surface area contributed by atoms with Gasteiger partial charge < -0.3 is 9.78 Å². The molecule has 1 fully saturated rings. The molecule has 0 saturated carbocycles. The van der Waals surface area contributed by atoms with Crippen LogP contribution < -0.4 is 0 Å². The number of fused-ring (bicyclic) bond motifs is 2. The first-order chi connectivity index (χ1) is 15.5. The lowest BCUT2D eigenvalue weighted by atomic mass is 9.87. The number of H-pyrrole nitrogens is 1. The number of nitrogens with zero attached hydrogens (tertiary/aromatic N) is 2. The Morgan fingerprint density at radius 1 is 1.09 bits per heavy atom. The molecule has 2 aromatic heterocycles. The van der Waals surface area contributed by atoms with Gasteiger partial charge in [-0.1, -0.05) is 38.1 Å². The van der Waals surface area contributed by atoms with Gasteiger partial charge in [-0.2, -0.15) is 0 Å². The highest BCUT2D eigenvalue weighted by Crippen LogP contribution is 2.40. The lowest BCUT2D eigenvalue weighted by Gasteiger charge is -2.30. The molecule has 4 nitrogen and oxygen atoms in total. The van der Waals surface area contributed by atoms with Gasteiger partial charge in [0, 0.05) is 27.5 Å². The molecule has 5 rings (SSSR count). The SMILES string of the molecule is Cc1cc(-c2[nH]c3ccc(C4CCN(CC=O)CC4)cc3c2C(C)C)c2ccccc2n1. The largest absolute Gasteiger partial charge is 0.354 e. The summed E-state index contributed by atoms with van der Waals surface area (Å²) in [5.41, 5.74) is 8.53. The number of hydrogen-bond donors (Lipinski definition) is 1. The van der Waals surface area contributed by atoms with Crippen molar-refractivity contribution in [2.75, 3.05) is 19.6 Å². The van der Waals surface area contributed by atoms with Gasteiger partial charge in [-0.3, -0.25) is 9.88 Å². The summed E-state index contributed by atoms with van der Waals surface area (Å²) in [7, 11) is 0. The first-order valence-corrected chi connectivity index (χ1v) is 11.7. The van der Waals surface area contributed by atoms with E-state index in [-0.39, 0.29) is 0 Å². The van der Waals surface area contributed by atoms with Crippen LogP contribution in [0.25, 0.3) is 33.1 Å². The van der Waals surface area contributed by atoms with Crippen molar-refractivity contribution in [2.24, 2.45) is 0 Å². The van der Waals surface area contributed by atoms with Crippen LogP contribution in [-0.4, -0.2) is 40.8 Å². The monoisotopic (exact) mass is 425 g/mol. The minimum Gasteiger partial charge on any atom is -0.354 e. The number of aromatic nitrogens is 2. The van der Waals surface area contributed by atoms with E-state index < -0.39 is 0 Å². The zero-order valence-corrected chi connectivity index (χ0v) is 19.2. The van der Waals surface area contributed by atoms with Crippen molar-refractivity contribution in [3.05, 3.63) is 65.4 Å². The van der Waals surface area contributed by atoms with Gasteiger partial charge >= 0.3 is 0 Å². The van der Waals surface area contributed by atoms with Crippen molar-refractivity contribution in [3.8, 4) is 11.3 Å². The van der Waals surface area contributed by atoms with Crippen LogP contribution in [0.3, 0.4) is 0 Å². The summed E-state index contributed by atoms with van der Waals surface area (Å²) in [6.07, 6.45) is 3.25. The third kappa shape index (κ3) is 3.73. The van der Waals surface area contributed by atoms with Crippen LogP contribution in [0.5, 0.6) is 0 Å². The van der Waals surface area contributed by atoms with Crippen LogP contribution >= 0.6 is 0 Å². The zero-order chi connectivity index (χ0) is 22.2. The van der Waals surface area contributed by atoms with Crippen LogP contribution in [-0.2, 0) is 4.79 Å². The van der Waals surface area contributed by atoms with Crippen molar-refractivity contribution in [3.63, 3.8) is 0 Å². The van der Waals surface area contributed by atoms with E-state index in [4.69, 9.17) is 4.98 Å². The van der Waals surface area contributed by atoms with E-state index in [1.807, 2.05) is 0 Å². The molecule has 0 amide bonds. The van der Waals surface area contributed by atoms with E-state index in [0.717, 1.165) is 43.4 Å². The molecule has 4 aromatic rings. The number of rotatable bonds is 5. The highest BCUT2D eigenvalue weighted by molar-refractivity contribution is 6.00. The maximum absolute atomic E-state index is 10.8. The van der Waals surface area contributed by atoms with E-state index in [1.54, 1.807) is 0 Å². The molecular weight excluding hydrogens is 394 g/mol. The molecule has 32 heavy (non-hydrogen) atoms. The fourth-order valence-corrected chi connectivity index (χ4v) is 5.37. The Kier molecular flexibility index (Phi) is 5.56. The van der Waals surface area contributed by atoms with Gasteiger partial charge in [-0.05, 0) is 80.1 Å². The van der Waals surface area contributed by atoms with Crippen LogP contribution in [0.2, 0.25) is 0 Å². The number of benzene rings is 2. The minimum absolute atomic E-state index is 0.399. The molecule has 0 unspecified atom stereocenters. The molecule has 1 aliphatic heterocycles. The van der Waals surface area contributed by atoms with Gasteiger partial charge in [0.25, 0.3) is 0 Å². The first kappa shape index (κ1) is 20.9. The molecule has 1 saturated heterocycles. The summed E-state index contributed by atoms with van der Waals surface area (Å²) in [4.78, 5) is 21.6. The van der Waals surface area contributed by atoms with Gasteiger partial charge in [0.05, 0.1) is 17.8 Å². The van der Waals surface area contributed by atoms with Crippen LogP contribution in [0.1, 0.15) is 55.3 Å². The maximum Gasteiger partial charge on any atom is 0.133 e. The summed E-state index contributed by atoms with van der Waals surface area (Å²) in [5, 5.41) is 2.52. The van der Waals surface area contributed by atoms with Crippen LogP contribution in [0, 0.1) is 6.92 Å². The number of hydrogen-bond acceptors (Lipinski definition) is 3. The van der Waals surface area contributed by atoms with Crippen molar-refractivity contribution in [1.29, 1.82) is 0 Å². The Labute approximate surface area is 189 Å². The number of piperidine rings is 1. The lowest BCUT2D eigenvalue weighted by molar-refractivity contribution is -0.109. The predicted octanol–water partition coefficient (Wildman–Crippen LogP) is 6.19. The number of likely N-dealkylation sites (tertiary alicyclic amines) is 1. The van der Waals surface area contributed by atoms with Gasteiger partial charge in [0.1, 0.15) is 6.29 Å². The molecule has 0 radical (unpaired) electrons. The number of carbonyl (C=O) groups is 1. The molecule has 0 aliphatic carbocycles. The van der Waals surface area contributed by atoms with Gasteiger partial charge in [-0.25, -0.2) is 0 Å². The highest BCUT2D eigenvalue weighted by Gasteiger charge is 2.23. The first-order valence-electron chi connectivity index (χ1n) is 11.7. The number of aldehydes is 1. The molecule has 1 N–H and O–H groups in total. The fourth-order valence-electron chi connectivity index (χ4n) is 5.37. The number of para-hydroxylation sites is 1. The fraction of sp³-hybridized carbons (Fsp3) is 0.357. The molecule has 0 atom stereocenters. The van der Waals surface area contributed by atoms with Crippen molar-refractivity contribution < 1.29 is 4.79 Å². The Hall–Kier alpha value is -2.98. The van der Waals surface area contributed by atoms with E-state index in [0.29, 0.717) is 18.4 Å². The number of nitrogens with one attached hydrogen (secondary N) is 1. The average Bonchev–Trinajstić information content (AvgIpc) is 3.18. The quantitative estimate of drug-likeness (QED) is 0.388. The predicted molar refractivity (Wildman–Crippen MR) is 132 cm³/mol. The average molecular weight is 426 g/mol. The van der Waals surface area contributed by atoms with E-state index >= 15 is 0 Å². The third-order valence-electron chi connectivity index (χ3n) is 6.95. The van der Waals surface area contributed by atoms with Crippen LogP contribution in [0.15, 0.2) is 48.5 Å². The van der Waals surface area contributed by atoms with Crippen molar-refractivity contribution in [2.45, 2.75) is 45.4 Å². The van der Waals surface area contributed by atoms with Gasteiger partial charge in [0.15, 0.2) is 0 Å². The molecule has 0 bridgehead atoms. The maximum atomic E-state index is 10.8. The number of carbonyl (C=O) groups excluding carboxylic acids is 1. The van der Waals surface area contributed by atoms with Gasteiger partial charge in [0.2, 0.25) is 0 Å². The molecule has 164 valence electrons. The second kappa shape index (κ2) is 8.51.